The zero-order valence-electron chi connectivity index (χ0n) is 13.8. The highest BCUT2D eigenvalue weighted by Crippen LogP contribution is 2.36. The van der Waals surface area contributed by atoms with Crippen molar-refractivity contribution in [3.8, 4) is 11.5 Å². The van der Waals surface area contributed by atoms with Crippen LogP contribution in [0, 0.1) is 5.92 Å². The summed E-state index contributed by atoms with van der Waals surface area (Å²) in [6.45, 7) is 3.36. The van der Waals surface area contributed by atoms with Crippen LogP contribution in [0.15, 0.2) is 41.2 Å². The number of hydrogen-bond donors (Lipinski definition) is 1. The first-order valence-corrected chi connectivity index (χ1v) is 8.42. The van der Waals surface area contributed by atoms with E-state index in [1.165, 1.54) is 0 Å². The quantitative estimate of drug-likeness (QED) is 0.939. The smallest absolute Gasteiger partial charge is 0.250 e. The first kappa shape index (κ1) is 15.3. The van der Waals surface area contributed by atoms with E-state index in [0.717, 1.165) is 43.1 Å². The van der Waals surface area contributed by atoms with Crippen molar-refractivity contribution in [1.82, 2.24) is 9.47 Å². The molecule has 0 amide bonds. The minimum absolute atomic E-state index is 0.112. The molecule has 3 heterocycles. The molecule has 2 aliphatic rings. The molecule has 1 fully saturated rings. The highest BCUT2D eigenvalue weighted by Gasteiger charge is 2.34. The lowest BCUT2D eigenvalue weighted by atomic mass is 9.83. The fraction of sp³-hybridized carbons (Fsp3) is 0.421. The van der Waals surface area contributed by atoms with Gasteiger partial charge in [0, 0.05) is 49.4 Å². The predicted molar refractivity (Wildman–Crippen MR) is 91.5 cm³/mol. The standard InChI is InChI=1S/C19H22N2O3/c1-24-16-5-6-18(22)15(8-16)12-20-9-13-7-14(11-20)17-3-2-4-19(23)21(17)10-13/h2-6,8,13-14,22H,7,9-12H2,1H3/t13-,14+/m0/s1. The topological polar surface area (TPSA) is 54.7 Å². The molecule has 0 radical (unpaired) electrons. The lowest BCUT2D eigenvalue weighted by molar-refractivity contribution is 0.113. The minimum atomic E-state index is 0.112. The molecule has 2 aromatic rings. The normalized spacial score (nSPS) is 22.9. The van der Waals surface area contributed by atoms with E-state index in [-0.39, 0.29) is 5.56 Å². The number of likely N-dealkylation sites (tertiary alicyclic amines) is 1. The Hall–Kier alpha value is -2.27. The van der Waals surface area contributed by atoms with Crippen molar-refractivity contribution >= 4 is 0 Å². The molecule has 1 aromatic carbocycles. The number of pyridine rings is 1. The number of benzene rings is 1. The molecular formula is C19H22N2O3. The number of phenolic OH excluding ortho intramolecular Hbond substituents is 1. The van der Waals surface area contributed by atoms with Crippen LogP contribution in [-0.2, 0) is 13.1 Å². The number of hydrogen-bond acceptors (Lipinski definition) is 4. The zero-order chi connectivity index (χ0) is 16.7. The molecular weight excluding hydrogens is 304 g/mol. The van der Waals surface area contributed by atoms with Crippen LogP contribution < -0.4 is 10.3 Å². The molecule has 2 aliphatic heterocycles. The molecule has 4 rings (SSSR count). The molecule has 0 spiro atoms. The molecule has 2 atom stereocenters. The monoisotopic (exact) mass is 326 g/mol. The SMILES string of the molecule is COc1ccc(O)c(CN2C[C@@H]3C[C@H](C2)c2cccc(=O)n2C3)c1. The summed E-state index contributed by atoms with van der Waals surface area (Å²) in [6.07, 6.45) is 1.14. The van der Waals surface area contributed by atoms with Crippen molar-refractivity contribution in [3.63, 3.8) is 0 Å². The van der Waals surface area contributed by atoms with Crippen LogP contribution in [-0.4, -0.2) is 34.8 Å². The number of nitrogens with zero attached hydrogens (tertiary/aromatic N) is 2. The number of methoxy groups -OCH3 is 1. The number of piperidine rings is 1. The van der Waals surface area contributed by atoms with E-state index >= 15 is 0 Å². The molecule has 2 bridgehead atoms. The Morgan fingerprint density at radius 3 is 2.92 bits per heavy atom. The van der Waals surface area contributed by atoms with Gasteiger partial charge in [0.1, 0.15) is 11.5 Å². The van der Waals surface area contributed by atoms with Gasteiger partial charge in [-0.3, -0.25) is 9.69 Å². The second kappa shape index (κ2) is 5.98. The maximum atomic E-state index is 12.1. The van der Waals surface area contributed by atoms with Crippen LogP contribution in [0.1, 0.15) is 23.6 Å². The van der Waals surface area contributed by atoms with Gasteiger partial charge in [0.2, 0.25) is 0 Å². The van der Waals surface area contributed by atoms with Gasteiger partial charge in [-0.15, -0.1) is 0 Å². The molecule has 5 heteroatoms. The molecule has 24 heavy (non-hydrogen) atoms. The van der Waals surface area contributed by atoms with Crippen LogP contribution in [0.4, 0.5) is 0 Å². The third-order valence-electron chi connectivity index (χ3n) is 5.24. The van der Waals surface area contributed by atoms with Gasteiger partial charge in [0.25, 0.3) is 5.56 Å². The summed E-state index contributed by atoms with van der Waals surface area (Å²) in [4.78, 5) is 14.5. The summed E-state index contributed by atoms with van der Waals surface area (Å²) in [5, 5.41) is 10.1. The van der Waals surface area contributed by atoms with E-state index in [0.29, 0.717) is 24.1 Å². The fourth-order valence-corrected chi connectivity index (χ4v) is 4.18. The number of fused-ring (bicyclic) bond motifs is 4. The highest BCUT2D eigenvalue weighted by molar-refractivity contribution is 5.39. The van der Waals surface area contributed by atoms with Gasteiger partial charge in [-0.2, -0.15) is 0 Å². The molecule has 1 saturated heterocycles. The summed E-state index contributed by atoms with van der Waals surface area (Å²) < 4.78 is 7.21. The summed E-state index contributed by atoms with van der Waals surface area (Å²) in [7, 11) is 1.64. The van der Waals surface area contributed by atoms with E-state index in [9.17, 15) is 9.90 Å². The van der Waals surface area contributed by atoms with E-state index in [1.807, 2.05) is 16.7 Å². The first-order chi connectivity index (χ1) is 11.6. The Morgan fingerprint density at radius 2 is 2.08 bits per heavy atom. The van der Waals surface area contributed by atoms with Gasteiger partial charge < -0.3 is 14.4 Å². The highest BCUT2D eigenvalue weighted by atomic mass is 16.5. The van der Waals surface area contributed by atoms with Gasteiger partial charge in [-0.1, -0.05) is 6.07 Å². The summed E-state index contributed by atoms with van der Waals surface area (Å²) >= 11 is 0. The Kier molecular flexibility index (Phi) is 3.81. The van der Waals surface area contributed by atoms with E-state index in [1.54, 1.807) is 25.3 Å². The minimum Gasteiger partial charge on any atom is -0.508 e. The second-order valence-electron chi connectivity index (χ2n) is 6.89. The molecule has 5 nitrogen and oxygen atoms in total. The average molecular weight is 326 g/mol. The Morgan fingerprint density at radius 1 is 1.21 bits per heavy atom. The molecule has 1 aromatic heterocycles. The van der Waals surface area contributed by atoms with Crippen molar-refractivity contribution in [2.45, 2.75) is 25.4 Å². The summed E-state index contributed by atoms with van der Waals surface area (Å²) in [5.74, 6) is 1.95. The third-order valence-corrected chi connectivity index (χ3v) is 5.24. The Bertz CT molecular complexity index is 814. The number of ether oxygens (including phenoxy) is 1. The van der Waals surface area contributed by atoms with Crippen molar-refractivity contribution in [3.05, 3.63) is 58.0 Å². The number of aromatic nitrogens is 1. The van der Waals surface area contributed by atoms with Crippen LogP contribution in [0.5, 0.6) is 11.5 Å². The van der Waals surface area contributed by atoms with Crippen LogP contribution in [0.25, 0.3) is 0 Å². The lowest BCUT2D eigenvalue weighted by Crippen LogP contribution is -2.46. The van der Waals surface area contributed by atoms with Crippen LogP contribution >= 0.6 is 0 Å². The fourth-order valence-electron chi connectivity index (χ4n) is 4.18. The average Bonchev–Trinajstić information content (AvgIpc) is 2.58. The predicted octanol–water partition coefficient (Wildman–Crippen LogP) is 2.18. The van der Waals surface area contributed by atoms with Crippen LogP contribution in [0.3, 0.4) is 0 Å². The largest absolute Gasteiger partial charge is 0.508 e. The van der Waals surface area contributed by atoms with E-state index in [4.69, 9.17) is 4.74 Å². The van der Waals surface area contributed by atoms with Crippen molar-refractivity contribution < 1.29 is 9.84 Å². The van der Waals surface area contributed by atoms with Gasteiger partial charge in [0.15, 0.2) is 0 Å². The van der Waals surface area contributed by atoms with E-state index in [2.05, 4.69) is 11.0 Å². The van der Waals surface area contributed by atoms with Gasteiger partial charge >= 0.3 is 0 Å². The summed E-state index contributed by atoms with van der Waals surface area (Å²) in [6, 6.07) is 10.9. The van der Waals surface area contributed by atoms with Crippen LogP contribution in [0.2, 0.25) is 0 Å². The van der Waals surface area contributed by atoms with Gasteiger partial charge in [-0.05, 0) is 36.6 Å². The van der Waals surface area contributed by atoms with Crippen molar-refractivity contribution in [1.29, 1.82) is 0 Å². The van der Waals surface area contributed by atoms with Crippen molar-refractivity contribution in [2.24, 2.45) is 5.92 Å². The molecule has 0 unspecified atom stereocenters. The molecule has 0 aliphatic carbocycles. The molecule has 126 valence electrons. The number of phenols is 1. The van der Waals surface area contributed by atoms with E-state index < -0.39 is 0 Å². The summed E-state index contributed by atoms with van der Waals surface area (Å²) in [5.41, 5.74) is 2.15. The Labute approximate surface area is 141 Å². The number of rotatable bonds is 3. The zero-order valence-corrected chi connectivity index (χ0v) is 13.8. The molecule has 0 saturated carbocycles. The van der Waals surface area contributed by atoms with Gasteiger partial charge in [0.05, 0.1) is 7.11 Å². The Balaban J connectivity index is 1.57. The first-order valence-electron chi connectivity index (χ1n) is 8.42. The molecule has 1 N–H and O–H groups in total. The number of aromatic hydroxyl groups is 1. The maximum absolute atomic E-state index is 12.1. The van der Waals surface area contributed by atoms with Crippen molar-refractivity contribution in [2.75, 3.05) is 20.2 Å². The third kappa shape index (κ3) is 2.69. The van der Waals surface area contributed by atoms with Gasteiger partial charge in [-0.25, -0.2) is 0 Å². The lowest BCUT2D eigenvalue weighted by Gasteiger charge is -2.42. The maximum Gasteiger partial charge on any atom is 0.250 e. The second-order valence-corrected chi connectivity index (χ2v) is 6.89.